The van der Waals surface area contributed by atoms with Gasteiger partial charge in [-0.25, -0.2) is 4.79 Å². The SMILES string of the molecule is COC(C)(C(=O)N1CCOC(C(=O)O)C1)c1ccccc1. The van der Waals surface area contributed by atoms with Crippen molar-refractivity contribution in [1.82, 2.24) is 4.90 Å². The molecular formula is C15H19NO5. The van der Waals surface area contributed by atoms with Crippen LogP contribution in [-0.2, 0) is 24.7 Å². The van der Waals surface area contributed by atoms with Crippen LogP contribution in [0, 0.1) is 0 Å². The first-order valence-electron chi connectivity index (χ1n) is 6.73. The van der Waals surface area contributed by atoms with Crippen LogP contribution in [0.5, 0.6) is 0 Å². The summed E-state index contributed by atoms with van der Waals surface area (Å²) in [7, 11) is 1.47. The van der Waals surface area contributed by atoms with Crippen molar-refractivity contribution < 1.29 is 24.2 Å². The first kappa shape index (κ1) is 15.5. The van der Waals surface area contributed by atoms with E-state index in [9.17, 15) is 9.59 Å². The fourth-order valence-corrected chi connectivity index (χ4v) is 2.37. The van der Waals surface area contributed by atoms with Crippen molar-refractivity contribution in [3.05, 3.63) is 35.9 Å². The molecule has 6 heteroatoms. The Morgan fingerprint density at radius 2 is 2.05 bits per heavy atom. The van der Waals surface area contributed by atoms with Gasteiger partial charge in [-0.15, -0.1) is 0 Å². The highest BCUT2D eigenvalue weighted by Gasteiger charge is 2.41. The number of hydrogen-bond donors (Lipinski definition) is 1. The number of amides is 1. The number of hydrogen-bond acceptors (Lipinski definition) is 4. The van der Waals surface area contributed by atoms with Crippen LogP contribution in [0.3, 0.4) is 0 Å². The molecule has 0 aromatic heterocycles. The lowest BCUT2D eigenvalue weighted by Gasteiger charge is -2.37. The quantitative estimate of drug-likeness (QED) is 0.891. The minimum Gasteiger partial charge on any atom is -0.479 e. The van der Waals surface area contributed by atoms with Gasteiger partial charge in [-0.3, -0.25) is 4.79 Å². The zero-order valence-corrected chi connectivity index (χ0v) is 12.1. The van der Waals surface area contributed by atoms with E-state index in [0.29, 0.717) is 6.54 Å². The van der Waals surface area contributed by atoms with Gasteiger partial charge in [0.1, 0.15) is 0 Å². The third-order valence-electron chi connectivity index (χ3n) is 3.77. The van der Waals surface area contributed by atoms with E-state index in [4.69, 9.17) is 14.6 Å². The average Bonchev–Trinajstić information content (AvgIpc) is 2.54. The van der Waals surface area contributed by atoms with E-state index in [1.165, 1.54) is 12.0 Å². The highest BCUT2D eigenvalue weighted by atomic mass is 16.5. The standard InChI is InChI=1S/C15H19NO5/c1-15(20-2,11-6-4-3-5-7-11)14(19)16-8-9-21-12(10-16)13(17)18/h3-7,12H,8-10H2,1-2H3,(H,17,18). The Labute approximate surface area is 123 Å². The van der Waals surface area contributed by atoms with E-state index in [-0.39, 0.29) is 19.1 Å². The lowest BCUT2D eigenvalue weighted by Crippen LogP contribution is -2.54. The molecule has 1 heterocycles. The van der Waals surface area contributed by atoms with Gasteiger partial charge >= 0.3 is 5.97 Å². The number of carboxylic acids is 1. The smallest absolute Gasteiger partial charge is 0.334 e. The summed E-state index contributed by atoms with van der Waals surface area (Å²) in [4.78, 5) is 25.3. The van der Waals surface area contributed by atoms with Crippen LogP contribution in [0.1, 0.15) is 12.5 Å². The summed E-state index contributed by atoms with van der Waals surface area (Å²) < 4.78 is 10.6. The second-order valence-corrected chi connectivity index (χ2v) is 5.05. The summed E-state index contributed by atoms with van der Waals surface area (Å²) in [5.74, 6) is -1.32. The first-order valence-corrected chi connectivity index (χ1v) is 6.73. The summed E-state index contributed by atoms with van der Waals surface area (Å²) in [6, 6.07) is 9.16. The van der Waals surface area contributed by atoms with Gasteiger partial charge in [0.05, 0.1) is 13.2 Å². The maximum atomic E-state index is 12.8. The summed E-state index contributed by atoms with van der Waals surface area (Å²) in [5.41, 5.74) is -0.405. The van der Waals surface area contributed by atoms with Crippen molar-refractivity contribution in [2.75, 3.05) is 26.8 Å². The normalized spacial score (nSPS) is 21.6. The van der Waals surface area contributed by atoms with Crippen molar-refractivity contribution in [1.29, 1.82) is 0 Å². The number of carbonyl (C=O) groups excluding carboxylic acids is 1. The Balaban J connectivity index is 2.22. The zero-order chi connectivity index (χ0) is 15.5. The van der Waals surface area contributed by atoms with E-state index >= 15 is 0 Å². The van der Waals surface area contributed by atoms with E-state index in [1.807, 2.05) is 30.3 Å². The summed E-state index contributed by atoms with van der Waals surface area (Å²) >= 11 is 0. The van der Waals surface area contributed by atoms with Crippen molar-refractivity contribution in [2.24, 2.45) is 0 Å². The fourth-order valence-electron chi connectivity index (χ4n) is 2.37. The fraction of sp³-hybridized carbons (Fsp3) is 0.467. The lowest BCUT2D eigenvalue weighted by molar-refractivity contribution is -0.168. The minimum atomic E-state index is -1.14. The van der Waals surface area contributed by atoms with Gasteiger partial charge in [0.15, 0.2) is 11.7 Å². The lowest BCUT2D eigenvalue weighted by atomic mass is 9.93. The summed E-state index contributed by atoms with van der Waals surface area (Å²) in [6.45, 7) is 2.28. The average molecular weight is 293 g/mol. The van der Waals surface area contributed by atoms with Gasteiger partial charge in [-0.2, -0.15) is 0 Å². The molecule has 0 bridgehead atoms. The second-order valence-electron chi connectivity index (χ2n) is 5.05. The summed E-state index contributed by atoms with van der Waals surface area (Å²) in [5, 5.41) is 9.02. The molecule has 0 radical (unpaired) electrons. The predicted octanol–water partition coefficient (Wildman–Crippen LogP) is 0.860. The Morgan fingerprint density at radius 1 is 1.38 bits per heavy atom. The van der Waals surface area contributed by atoms with Crippen LogP contribution in [0.15, 0.2) is 30.3 Å². The number of morpholine rings is 1. The number of rotatable bonds is 4. The molecule has 114 valence electrons. The van der Waals surface area contributed by atoms with Gasteiger partial charge < -0.3 is 19.5 Å². The second kappa shape index (κ2) is 6.24. The van der Waals surface area contributed by atoms with Crippen LogP contribution < -0.4 is 0 Å². The van der Waals surface area contributed by atoms with Gasteiger partial charge in [-0.1, -0.05) is 30.3 Å². The highest BCUT2D eigenvalue weighted by Crippen LogP contribution is 2.27. The van der Waals surface area contributed by atoms with Gasteiger partial charge in [0.2, 0.25) is 0 Å². The molecule has 2 atom stereocenters. The maximum Gasteiger partial charge on any atom is 0.334 e. The van der Waals surface area contributed by atoms with Crippen molar-refractivity contribution in [3.8, 4) is 0 Å². The molecule has 1 amide bonds. The summed E-state index contributed by atoms with van der Waals surface area (Å²) in [6.07, 6.45) is -0.987. The molecule has 2 rings (SSSR count). The topological polar surface area (TPSA) is 76.1 Å². The Kier molecular flexibility index (Phi) is 4.59. The molecule has 0 spiro atoms. The first-order chi connectivity index (χ1) is 9.99. The van der Waals surface area contributed by atoms with Crippen LogP contribution in [0.2, 0.25) is 0 Å². The molecule has 1 saturated heterocycles. The zero-order valence-electron chi connectivity index (χ0n) is 12.1. The third kappa shape index (κ3) is 3.06. The van der Waals surface area contributed by atoms with Crippen molar-refractivity contribution in [2.45, 2.75) is 18.6 Å². The highest BCUT2D eigenvalue weighted by molar-refractivity contribution is 5.87. The van der Waals surface area contributed by atoms with Gasteiger partial charge in [0, 0.05) is 13.7 Å². The molecular weight excluding hydrogens is 274 g/mol. The molecule has 6 nitrogen and oxygen atoms in total. The predicted molar refractivity (Wildman–Crippen MR) is 74.8 cm³/mol. The van der Waals surface area contributed by atoms with Gasteiger partial charge in [-0.05, 0) is 12.5 Å². The number of carbonyl (C=O) groups is 2. The monoisotopic (exact) mass is 293 g/mol. The number of ether oxygens (including phenoxy) is 2. The number of methoxy groups -OCH3 is 1. The largest absolute Gasteiger partial charge is 0.479 e. The van der Waals surface area contributed by atoms with E-state index in [0.717, 1.165) is 5.56 Å². The van der Waals surface area contributed by atoms with Crippen LogP contribution in [0.25, 0.3) is 0 Å². The van der Waals surface area contributed by atoms with Crippen LogP contribution >= 0.6 is 0 Å². The molecule has 2 unspecified atom stereocenters. The Morgan fingerprint density at radius 3 is 2.62 bits per heavy atom. The van der Waals surface area contributed by atoms with Gasteiger partial charge in [0.25, 0.3) is 5.91 Å². The van der Waals surface area contributed by atoms with E-state index in [1.54, 1.807) is 6.92 Å². The third-order valence-corrected chi connectivity index (χ3v) is 3.77. The molecule has 21 heavy (non-hydrogen) atoms. The van der Waals surface area contributed by atoms with Crippen molar-refractivity contribution >= 4 is 11.9 Å². The molecule has 1 aliphatic heterocycles. The molecule has 1 N–H and O–H groups in total. The minimum absolute atomic E-state index is 0.0277. The molecule has 0 saturated carbocycles. The molecule has 1 aromatic rings. The Hall–Kier alpha value is -1.92. The van der Waals surface area contributed by atoms with E-state index < -0.39 is 17.7 Å². The number of benzene rings is 1. The van der Waals surface area contributed by atoms with E-state index in [2.05, 4.69) is 0 Å². The Bertz CT molecular complexity index is 518. The van der Waals surface area contributed by atoms with Crippen molar-refractivity contribution in [3.63, 3.8) is 0 Å². The maximum absolute atomic E-state index is 12.8. The van der Waals surface area contributed by atoms with Crippen LogP contribution in [0.4, 0.5) is 0 Å². The van der Waals surface area contributed by atoms with Crippen LogP contribution in [-0.4, -0.2) is 54.8 Å². The number of aliphatic carboxylic acids is 1. The molecule has 0 aliphatic carbocycles. The molecule has 1 fully saturated rings. The number of carboxylic acid groups (broad SMARTS) is 1. The number of nitrogens with zero attached hydrogens (tertiary/aromatic N) is 1. The molecule has 1 aliphatic rings. The molecule has 1 aromatic carbocycles.